The molecule has 0 amide bonds. The first-order valence-electron chi connectivity index (χ1n) is 7.46. The van der Waals surface area contributed by atoms with Crippen molar-refractivity contribution in [2.45, 2.75) is 29.8 Å². The Morgan fingerprint density at radius 2 is 2.04 bits per heavy atom. The quantitative estimate of drug-likeness (QED) is 0.752. The van der Waals surface area contributed by atoms with Crippen LogP contribution in [-0.2, 0) is 29.9 Å². The third-order valence-electron chi connectivity index (χ3n) is 3.70. The zero-order valence-corrected chi connectivity index (χ0v) is 15.1. The number of hydrogen-bond donors (Lipinski definition) is 1. The Balaban J connectivity index is 2.13. The van der Waals surface area contributed by atoms with Gasteiger partial charge in [0.05, 0.1) is 11.1 Å². The minimum atomic E-state index is -3.67. The molecule has 0 atom stereocenters. The second-order valence-corrected chi connectivity index (χ2v) is 8.25. The molecule has 8 heteroatoms. The number of aryl methyl sites for hydroxylation is 2. The molecule has 6 nitrogen and oxygen atoms in total. The van der Waals surface area contributed by atoms with E-state index in [0.717, 1.165) is 23.1 Å². The van der Waals surface area contributed by atoms with Crippen molar-refractivity contribution in [1.29, 1.82) is 0 Å². The van der Waals surface area contributed by atoms with Gasteiger partial charge in [-0.1, -0.05) is 13.0 Å². The summed E-state index contributed by atoms with van der Waals surface area (Å²) in [6, 6.07) is 5.37. The van der Waals surface area contributed by atoms with Crippen molar-refractivity contribution in [3.05, 3.63) is 46.5 Å². The smallest absolute Gasteiger partial charge is 0.224 e. The third kappa shape index (κ3) is 3.12. The van der Waals surface area contributed by atoms with E-state index in [-0.39, 0.29) is 16.5 Å². The largest absolute Gasteiger partial charge is 0.325 e. The van der Waals surface area contributed by atoms with Crippen LogP contribution in [0.4, 0.5) is 0 Å². The lowest BCUT2D eigenvalue weighted by atomic mass is 10.0. The van der Waals surface area contributed by atoms with Gasteiger partial charge in [0, 0.05) is 30.7 Å². The van der Waals surface area contributed by atoms with Crippen LogP contribution in [-0.4, -0.2) is 23.2 Å². The Kier molecular flexibility index (Phi) is 4.53. The first-order chi connectivity index (χ1) is 11.4. The van der Waals surface area contributed by atoms with Gasteiger partial charge in [-0.25, -0.2) is 13.4 Å². The standard InChI is InChI=1S/C16H18N4O2S2/c1-3-11-4-12(13-8-18-20(2)9-13)6-14(5-11)24(21,22)16-10-23-15(7-17)19-16/h4-6,8-10H,3,7,17H2,1-2H3. The molecule has 3 rings (SSSR count). The average molecular weight is 362 g/mol. The van der Waals surface area contributed by atoms with Crippen molar-refractivity contribution in [1.82, 2.24) is 14.8 Å². The molecule has 0 bridgehead atoms. The summed E-state index contributed by atoms with van der Waals surface area (Å²) in [6.07, 6.45) is 4.32. The van der Waals surface area contributed by atoms with E-state index in [0.29, 0.717) is 5.01 Å². The number of hydrogen-bond acceptors (Lipinski definition) is 6. The molecule has 0 aliphatic heterocycles. The van der Waals surface area contributed by atoms with Crippen LogP contribution in [0.25, 0.3) is 11.1 Å². The number of sulfone groups is 1. The highest BCUT2D eigenvalue weighted by Crippen LogP contribution is 2.29. The number of nitrogens with zero attached hydrogens (tertiary/aromatic N) is 3. The van der Waals surface area contributed by atoms with Gasteiger partial charge in [0.15, 0.2) is 5.03 Å². The number of aromatic nitrogens is 3. The first-order valence-corrected chi connectivity index (χ1v) is 9.83. The summed E-state index contributed by atoms with van der Waals surface area (Å²) in [5, 5.41) is 6.36. The van der Waals surface area contributed by atoms with E-state index in [9.17, 15) is 8.42 Å². The third-order valence-corrected chi connectivity index (χ3v) is 6.34. The Labute approximate surface area is 144 Å². The Hall–Kier alpha value is -2.03. The van der Waals surface area contributed by atoms with Gasteiger partial charge in [-0.3, -0.25) is 4.68 Å². The van der Waals surface area contributed by atoms with Crippen molar-refractivity contribution in [2.24, 2.45) is 12.8 Å². The summed E-state index contributed by atoms with van der Waals surface area (Å²) >= 11 is 1.26. The zero-order chi connectivity index (χ0) is 17.3. The maximum absolute atomic E-state index is 12.9. The molecule has 0 saturated heterocycles. The maximum Gasteiger partial charge on any atom is 0.224 e. The summed E-state index contributed by atoms with van der Waals surface area (Å²) in [5.74, 6) is 0. The molecular weight excluding hydrogens is 344 g/mol. The first kappa shape index (κ1) is 16.8. The van der Waals surface area contributed by atoms with Gasteiger partial charge in [-0.15, -0.1) is 11.3 Å². The normalized spacial score (nSPS) is 11.8. The van der Waals surface area contributed by atoms with Crippen LogP contribution in [0.2, 0.25) is 0 Å². The summed E-state index contributed by atoms with van der Waals surface area (Å²) in [6.45, 7) is 2.23. The highest BCUT2D eigenvalue weighted by atomic mass is 32.2. The molecule has 126 valence electrons. The highest BCUT2D eigenvalue weighted by Gasteiger charge is 2.22. The van der Waals surface area contributed by atoms with Gasteiger partial charge < -0.3 is 5.73 Å². The van der Waals surface area contributed by atoms with E-state index in [4.69, 9.17) is 5.73 Å². The molecular formula is C16H18N4O2S2. The molecule has 0 aliphatic carbocycles. The summed E-state index contributed by atoms with van der Waals surface area (Å²) in [7, 11) is -1.84. The Morgan fingerprint density at radius 3 is 2.62 bits per heavy atom. The lowest BCUT2D eigenvalue weighted by molar-refractivity contribution is 0.592. The van der Waals surface area contributed by atoms with Gasteiger partial charge in [0.1, 0.15) is 5.01 Å². The summed E-state index contributed by atoms with van der Waals surface area (Å²) in [4.78, 5) is 4.37. The molecule has 1 aromatic carbocycles. The van der Waals surface area contributed by atoms with Crippen molar-refractivity contribution in [3.8, 4) is 11.1 Å². The summed E-state index contributed by atoms with van der Waals surface area (Å²) in [5.41, 5.74) is 8.19. The van der Waals surface area contributed by atoms with E-state index in [1.54, 1.807) is 28.4 Å². The number of nitrogens with two attached hydrogens (primary N) is 1. The lowest BCUT2D eigenvalue weighted by Crippen LogP contribution is -2.05. The van der Waals surface area contributed by atoms with Gasteiger partial charge in [0.25, 0.3) is 0 Å². The van der Waals surface area contributed by atoms with Gasteiger partial charge in [-0.05, 0) is 29.7 Å². The zero-order valence-electron chi connectivity index (χ0n) is 13.4. The average Bonchev–Trinajstić information content (AvgIpc) is 3.23. The lowest BCUT2D eigenvalue weighted by Gasteiger charge is -2.08. The topological polar surface area (TPSA) is 90.9 Å². The van der Waals surface area contributed by atoms with E-state index in [1.165, 1.54) is 11.3 Å². The van der Waals surface area contributed by atoms with Gasteiger partial charge >= 0.3 is 0 Å². The predicted octanol–water partition coefficient (Wildman–Crippen LogP) is 2.40. The molecule has 3 aromatic rings. The second-order valence-electron chi connectivity index (χ2n) is 5.41. The second kappa shape index (κ2) is 6.46. The van der Waals surface area contributed by atoms with Gasteiger partial charge in [-0.2, -0.15) is 5.10 Å². The molecule has 0 saturated carbocycles. The molecule has 0 fully saturated rings. The van der Waals surface area contributed by atoms with E-state index < -0.39 is 9.84 Å². The van der Waals surface area contributed by atoms with Gasteiger partial charge in [0.2, 0.25) is 9.84 Å². The van der Waals surface area contributed by atoms with Crippen LogP contribution in [0.5, 0.6) is 0 Å². The number of thiazole rings is 1. The molecule has 2 aromatic heterocycles. The highest BCUT2D eigenvalue weighted by molar-refractivity contribution is 7.91. The van der Waals surface area contributed by atoms with Crippen LogP contribution in [0, 0.1) is 0 Å². The molecule has 0 aliphatic rings. The predicted molar refractivity (Wildman–Crippen MR) is 93.5 cm³/mol. The minimum absolute atomic E-state index is 0.0540. The Morgan fingerprint density at radius 1 is 1.25 bits per heavy atom. The van der Waals surface area contributed by atoms with Crippen LogP contribution in [0.15, 0.2) is 45.9 Å². The molecule has 0 radical (unpaired) electrons. The van der Waals surface area contributed by atoms with E-state index in [1.807, 2.05) is 26.2 Å². The van der Waals surface area contributed by atoms with Crippen molar-refractivity contribution in [3.63, 3.8) is 0 Å². The number of benzene rings is 1. The maximum atomic E-state index is 12.9. The number of rotatable bonds is 5. The van der Waals surface area contributed by atoms with Crippen LogP contribution in [0.1, 0.15) is 17.5 Å². The minimum Gasteiger partial charge on any atom is -0.325 e. The Bertz CT molecular complexity index is 974. The van der Waals surface area contributed by atoms with Crippen LogP contribution >= 0.6 is 11.3 Å². The fraction of sp³-hybridized carbons (Fsp3) is 0.250. The van der Waals surface area contributed by atoms with E-state index >= 15 is 0 Å². The van der Waals surface area contributed by atoms with E-state index in [2.05, 4.69) is 10.1 Å². The molecule has 2 N–H and O–H groups in total. The van der Waals surface area contributed by atoms with Crippen molar-refractivity contribution in [2.75, 3.05) is 0 Å². The fourth-order valence-electron chi connectivity index (χ4n) is 2.39. The molecule has 0 spiro atoms. The van der Waals surface area contributed by atoms with Crippen LogP contribution < -0.4 is 5.73 Å². The molecule has 24 heavy (non-hydrogen) atoms. The molecule has 0 unspecified atom stereocenters. The van der Waals surface area contributed by atoms with Crippen molar-refractivity contribution >= 4 is 21.2 Å². The van der Waals surface area contributed by atoms with Crippen molar-refractivity contribution < 1.29 is 8.42 Å². The van der Waals surface area contributed by atoms with Crippen LogP contribution in [0.3, 0.4) is 0 Å². The monoisotopic (exact) mass is 362 g/mol. The summed E-state index contributed by atoms with van der Waals surface area (Å²) < 4.78 is 27.5. The molecule has 2 heterocycles. The SMILES string of the molecule is CCc1cc(-c2cnn(C)c2)cc(S(=O)(=O)c2csc(CN)n2)c1. The fourth-order valence-corrected chi connectivity index (χ4v) is 4.70.